The van der Waals surface area contributed by atoms with Crippen LogP contribution in [-0.2, 0) is 15.4 Å². The second kappa shape index (κ2) is 6.31. The van der Waals surface area contributed by atoms with Crippen molar-refractivity contribution in [2.75, 3.05) is 0 Å². The Morgan fingerprint density at radius 1 is 0.864 bits per heavy atom. The van der Waals surface area contributed by atoms with E-state index in [1.165, 1.54) is 45.3 Å². The maximum atomic E-state index is 6.65. The van der Waals surface area contributed by atoms with Crippen LogP contribution in [0.4, 0.5) is 0 Å². The van der Waals surface area contributed by atoms with Gasteiger partial charge < -0.3 is 0 Å². The van der Waals surface area contributed by atoms with Crippen molar-refractivity contribution in [3.05, 3.63) is 48.5 Å². The Balaban J connectivity index is 1.66. The number of hydrogen-bond donors (Lipinski definition) is 0. The molecule has 0 bridgehead atoms. The molecule has 22 heavy (non-hydrogen) atoms. The first-order chi connectivity index (χ1) is 10.8. The maximum Gasteiger partial charge on any atom is 0.225 e. The van der Waals surface area contributed by atoms with Gasteiger partial charge in [0.2, 0.25) is 21.0 Å². The van der Waals surface area contributed by atoms with Crippen LogP contribution in [0.3, 0.4) is 0 Å². The van der Waals surface area contributed by atoms with Gasteiger partial charge in [-0.15, -0.1) is 0 Å². The summed E-state index contributed by atoms with van der Waals surface area (Å²) in [6.45, 7) is 2.36. The van der Waals surface area contributed by atoms with Crippen LogP contribution < -0.4 is 0 Å². The quantitative estimate of drug-likeness (QED) is 0.654. The maximum absolute atomic E-state index is 6.65. The fraction of sp³-hybridized carbons (Fsp3) is 0.368. The smallest absolute Gasteiger partial charge is 0.158 e. The molecule has 1 aliphatic heterocycles. The molecule has 1 fully saturated rings. The molecule has 0 spiro atoms. The van der Waals surface area contributed by atoms with Crippen molar-refractivity contribution in [2.45, 2.75) is 58.3 Å². The van der Waals surface area contributed by atoms with Crippen LogP contribution >= 0.6 is 11.8 Å². The lowest BCUT2D eigenvalue weighted by Crippen LogP contribution is -2.25. The molecule has 4 rings (SSSR count). The fourth-order valence-electron chi connectivity index (χ4n) is 3.18. The molecule has 1 heterocycles. The van der Waals surface area contributed by atoms with E-state index in [4.69, 9.17) is 4.18 Å². The molecule has 0 N–H and O–H groups in total. The van der Waals surface area contributed by atoms with Crippen molar-refractivity contribution >= 4 is 22.9 Å². The Bertz CT molecular complexity index is 616. The topological polar surface area (TPSA) is 9.23 Å². The predicted octanol–water partition coefficient (Wildman–Crippen LogP) is 5.70. The van der Waals surface area contributed by atoms with Gasteiger partial charge in [0.15, 0.2) is 0 Å². The van der Waals surface area contributed by atoms with Gasteiger partial charge in [-0.1, -0.05) is 43.0 Å². The van der Waals surface area contributed by atoms with E-state index in [1.807, 2.05) is 11.8 Å². The molecule has 1 aliphatic carbocycles. The number of hydrogen-bond acceptors (Lipinski definition) is 2. The molecule has 0 saturated heterocycles. The van der Waals surface area contributed by atoms with E-state index in [0.29, 0.717) is 6.10 Å². The van der Waals surface area contributed by atoms with Gasteiger partial charge in [0.1, 0.15) is 6.10 Å². The predicted molar refractivity (Wildman–Crippen MR) is 93.4 cm³/mol. The summed E-state index contributed by atoms with van der Waals surface area (Å²) in [6.07, 6.45) is 5.45. The first-order valence-corrected chi connectivity index (χ1v) is 10.1. The molecule has 114 valence electrons. The van der Waals surface area contributed by atoms with E-state index < -0.39 is 0 Å². The highest BCUT2D eigenvalue weighted by Crippen LogP contribution is 2.46. The van der Waals surface area contributed by atoms with Gasteiger partial charge in [0, 0.05) is 0 Å². The van der Waals surface area contributed by atoms with Crippen molar-refractivity contribution in [1.82, 2.24) is 0 Å². The lowest BCUT2D eigenvalue weighted by Gasteiger charge is -2.26. The van der Waals surface area contributed by atoms with Gasteiger partial charge >= 0.3 is 0 Å². The molecule has 0 unspecified atom stereocenters. The van der Waals surface area contributed by atoms with Crippen LogP contribution in [0.25, 0.3) is 0 Å². The van der Waals surface area contributed by atoms with E-state index in [1.54, 1.807) is 0 Å². The minimum absolute atomic E-state index is 0.224. The fourth-order valence-corrected chi connectivity index (χ4v) is 6.56. The van der Waals surface area contributed by atoms with Crippen LogP contribution in [0, 0.1) is 5.92 Å². The van der Waals surface area contributed by atoms with E-state index >= 15 is 0 Å². The summed E-state index contributed by atoms with van der Waals surface area (Å²) in [7, 11) is 0. The number of fused-ring (bicyclic) bond motifs is 2. The van der Waals surface area contributed by atoms with Gasteiger partial charge in [-0.2, -0.15) is 4.18 Å². The summed E-state index contributed by atoms with van der Waals surface area (Å²) >= 11 is 1.65. The van der Waals surface area contributed by atoms with E-state index in [-0.39, 0.29) is 11.2 Å². The van der Waals surface area contributed by atoms with Crippen LogP contribution in [0.2, 0.25) is 0 Å². The molecular weight excluding hydrogens is 308 g/mol. The van der Waals surface area contributed by atoms with Crippen LogP contribution in [0.1, 0.15) is 32.6 Å². The highest BCUT2D eigenvalue weighted by molar-refractivity contribution is 8.02. The minimum atomic E-state index is -0.224. The number of rotatable bonds is 2. The van der Waals surface area contributed by atoms with Gasteiger partial charge in [0.25, 0.3) is 0 Å². The lowest BCUT2D eigenvalue weighted by atomic mass is 9.89. The van der Waals surface area contributed by atoms with Crippen molar-refractivity contribution in [3.8, 4) is 0 Å². The van der Waals surface area contributed by atoms with Crippen molar-refractivity contribution in [3.63, 3.8) is 0 Å². The lowest BCUT2D eigenvalue weighted by molar-refractivity contribution is 0.154. The molecule has 2 aliphatic rings. The third-order valence-corrected chi connectivity index (χ3v) is 7.90. The average Bonchev–Trinajstić information content (AvgIpc) is 2.56. The van der Waals surface area contributed by atoms with E-state index in [2.05, 4.69) is 55.5 Å². The van der Waals surface area contributed by atoms with Gasteiger partial charge in [-0.25, -0.2) is 0 Å². The zero-order valence-electron chi connectivity index (χ0n) is 12.8. The highest BCUT2D eigenvalue weighted by atomic mass is 32.2. The Labute approximate surface area is 140 Å². The monoisotopic (exact) mass is 329 g/mol. The van der Waals surface area contributed by atoms with Crippen molar-refractivity contribution < 1.29 is 4.18 Å². The van der Waals surface area contributed by atoms with E-state index in [0.717, 1.165) is 5.92 Å². The zero-order valence-corrected chi connectivity index (χ0v) is 14.5. The second-order valence-electron chi connectivity index (χ2n) is 6.24. The molecule has 0 radical (unpaired) electrons. The molecule has 2 aromatic rings. The Morgan fingerprint density at radius 3 is 2.00 bits per heavy atom. The van der Waals surface area contributed by atoms with Gasteiger partial charge in [-0.3, -0.25) is 0 Å². The third kappa shape index (κ3) is 2.82. The molecular formula is C19H21OS2+. The average molecular weight is 330 g/mol. The van der Waals surface area contributed by atoms with Gasteiger partial charge in [0.05, 0.1) is 9.79 Å². The molecule has 1 saturated carbocycles. The molecule has 3 heteroatoms. The normalized spacial score (nSPS) is 24.6. The second-order valence-corrected chi connectivity index (χ2v) is 8.94. The van der Waals surface area contributed by atoms with Crippen LogP contribution in [-0.4, -0.2) is 6.10 Å². The molecule has 1 nitrogen and oxygen atoms in total. The van der Waals surface area contributed by atoms with Crippen LogP contribution in [0.5, 0.6) is 0 Å². The molecule has 0 atom stereocenters. The third-order valence-electron chi connectivity index (χ3n) is 4.51. The summed E-state index contributed by atoms with van der Waals surface area (Å²) in [5.74, 6) is 0.865. The Kier molecular flexibility index (Phi) is 4.21. The highest BCUT2D eigenvalue weighted by Gasteiger charge is 2.40. The summed E-state index contributed by atoms with van der Waals surface area (Å²) in [6, 6.07) is 17.5. The summed E-state index contributed by atoms with van der Waals surface area (Å²) < 4.78 is 6.65. The molecule has 0 aromatic heterocycles. The largest absolute Gasteiger partial charge is 0.225 e. The summed E-state index contributed by atoms with van der Waals surface area (Å²) in [5.41, 5.74) is 0. The van der Waals surface area contributed by atoms with E-state index in [9.17, 15) is 0 Å². The van der Waals surface area contributed by atoms with Crippen molar-refractivity contribution in [2.24, 2.45) is 5.92 Å². The first-order valence-electron chi connectivity index (χ1n) is 8.08. The zero-order chi connectivity index (χ0) is 14.9. The summed E-state index contributed by atoms with van der Waals surface area (Å²) in [4.78, 5) is 5.44. The SMILES string of the molecule is CC1CCC(O[S+]2c3ccccc3Sc3ccccc32)CC1. The molecule has 2 aromatic carbocycles. The van der Waals surface area contributed by atoms with Gasteiger partial charge in [-0.05, 0) is 55.9 Å². The van der Waals surface area contributed by atoms with Crippen LogP contribution in [0.15, 0.2) is 68.1 Å². The number of benzene rings is 2. The Hall–Kier alpha value is -0.900. The summed E-state index contributed by atoms with van der Waals surface area (Å²) in [5, 5.41) is 0. The molecule has 0 amide bonds. The Morgan fingerprint density at radius 2 is 1.41 bits per heavy atom. The van der Waals surface area contributed by atoms with Crippen molar-refractivity contribution in [1.29, 1.82) is 0 Å². The minimum Gasteiger partial charge on any atom is -0.158 e. The standard InChI is InChI=1S/C19H21OS2/c1-14-10-12-15(13-11-14)20-22-18-8-4-2-6-16(18)21-17-7-3-5-9-19(17)22/h2-9,14-15H,10-13H2,1H3/q+1. The first kappa shape index (κ1) is 14.7.